The minimum absolute atomic E-state index is 1.02. The number of anilines is 1. The maximum atomic E-state index is 2.49. The van der Waals surface area contributed by atoms with E-state index >= 15 is 0 Å². The van der Waals surface area contributed by atoms with Crippen molar-refractivity contribution in [3.05, 3.63) is 64.7 Å². The van der Waals surface area contributed by atoms with Gasteiger partial charge in [0.05, 0.1) is 0 Å². The number of rotatable bonds is 2. The molecule has 92 valence electrons. The number of benzene rings is 2. The first-order chi connectivity index (χ1) is 8.72. The number of aryl methyl sites for hydroxylation is 2. The quantitative estimate of drug-likeness (QED) is 0.766. The second-order valence-electron chi connectivity index (χ2n) is 5.29. The summed E-state index contributed by atoms with van der Waals surface area (Å²) in [5.74, 6) is 0. The molecule has 1 aliphatic heterocycles. The monoisotopic (exact) mass is 237 g/mol. The summed E-state index contributed by atoms with van der Waals surface area (Å²) in [6, 6.07) is 15.7. The van der Waals surface area contributed by atoms with Crippen LogP contribution in [0.25, 0.3) is 0 Å². The Morgan fingerprint density at radius 3 is 2.44 bits per heavy atom. The zero-order valence-corrected chi connectivity index (χ0v) is 11.1. The van der Waals surface area contributed by atoms with Crippen molar-refractivity contribution in [2.24, 2.45) is 0 Å². The summed E-state index contributed by atoms with van der Waals surface area (Å²) in [4.78, 5) is 2.49. The van der Waals surface area contributed by atoms with E-state index in [1.165, 1.54) is 34.4 Å². The van der Waals surface area contributed by atoms with Crippen molar-refractivity contribution >= 4 is 5.69 Å². The van der Waals surface area contributed by atoms with E-state index in [4.69, 9.17) is 0 Å². The summed E-state index contributed by atoms with van der Waals surface area (Å²) < 4.78 is 0. The highest BCUT2D eigenvalue weighted by Gasteiger charge is 2.18. The average Bonchev–Trinajstić information content (AvgIpc) is 2.74. The van der Waals surface area contributed by atoms with Crippen LogP contribution >= 0.6 is 0 Å². The molecule has 2 aromatic carbocycles. The Morgan fingerprint density at radius 1 is 0.944 bits per heavy atom. The Kier molecular flexibility index (Phi) is 2.83. The normalized spacial score (nSPS) is 13.8. The lowest BCUT2D eigenvalue weighted by atomic mass is 10.1. The molecule has 1 heteroatoms. The zero-order valence-electron chi connectivity index (χ0n) is 11.1. The zero-order chi connectivity index (χ0) is 12.5. The molecular weight excluding hydrogens is 218 g/mol. The van der Waals surface area contributed by atoms with E-state index in [1.807, 2.05) is 0 Å². The third-order valence-electron chi connectivity index (χ3n) is 3.72. The number of hydrogen-bond donors (Lipinski definition) is 0. The van der Waals surface area contributed by atoms with Gasteiger partial charge in [0.15, 0.2) is 0 Å². The summed E-state index contributed by atoms with van der Waals surface area (Å²) in [7, 11) is 0. The molecule has 18 heavy (non-hydrogen) atoms. The SMILES string of the molecule is Cc1ccc(CN2CCc3cc(C)ccc32)cc1. The molecule has 0 radical (unpaired) electrons. The molecule has 1 aliphatic rings. The number of nitrogens with zero attached hydrogens (tertiary/aromatic N) is 1. The Morgan fingerprint density at radius 2 is 1.67 bits per heavy atom. The molecule has 1 heterocycles. The maximum absolute atomic E-state index is 2.49. The van der Waals surface area contributed by atoms with E-state index in [-0.39, 0.29) is 0 Å². The summed E-state index contributed by atoms with van der Waals surface area (Å²) in [5.41, 5.74) is 7.01. The van der Waals surface area contributed by atoms with Crippen molar-refractivity contribution < 1.29 is 0 Å². The van der Waals surface area contributed by atoms with Gasteiger partial charge in [0, 0.05) is 18.8 Å². The van der Waals surface area contributed by atoms with Gasteiger partial charge in [0.2, 0.25) is 0 Å². The van der Waals surface area contributed by atoms with Crippen LogP contribution in [-0.2, 0) is 13.0 Å². The molecule has 0 spiro atoms. The van der Waals surface area contributed by atoms with E-state index in [2.05, 4.69) is 61.2 Å². The summed E-state index contributed by atoms with van der Waals surface area (Å²) in [6.07, 6.45) is 1.18. The fraction of sp³-hybridized carbons (Fsp3) is 0.294. The Balaban J connectivity index is 1.82. The molecule has 0 fully saturated rings. The fourth-order valence-corrected chi connectivity index (χ4v) is 2.68. The van der Waals surface area contributed by atoms with Crippen molar-refractivity contribution in [2.75, 3.05) is 11.4 Å². The first-order valence-corrected chi connectivity index (χ1v) is 6.62. The van der Waals surface area contributed by atoms with Gasteiger partial charge in [-0.2, -0.15) is 0 Å². The average molecular weight is 237 g/mol. The first-order valence-electron chi connectivity index (χ1n) is 6.62. The van der Waals surface area contributed by atoms with Gasteiger partial charge in [-0.3, -0.25) is 0 Å². The van der Waals surface area contributed by atoms with Gasteiger partial charge in [-0.05, 0) is 37.5 Å². The highest BCUT2D eigenvalue weighted by Crippen LogP contribution is 2.29. The topological polar surface area (TPSA) is 3.24 Å². The summed E-state index contributed by atoms with van der Waals surface area (Å²) >= 11 is 0. The molecule has 0 saturated heterocycles. The fourth-order valence-electron chi connectivity index (χ4n) is 2.68. The van der Waals surface area contributed by atoms with Crippen molar-refractivity contribution in [1.82, 2.24) is 0 Å². The van der Waals surface area contributed by atoms with Gasteiger partial charge in [-0.15, -0.1) is 0 Å². The van der Waals surface area contributed by atoms with Crippen LogP contribution in [0.1, 0.15) is 22.3 Å². The van der Waals surface area contributed by atoms with Gasteiger partial charge in [-0.1, -0.05) is 47.5 Å². The maximum Gasteiger partial charge on any atom is 0.0429 e. The Labute approximate surface area is 109 Å². The number of hydrogen-bond acceptors (Lipinski definition) is 1. The first kappa shape index (κ1) is 11.3. The van der Waals surface area contributed by atoms with Crippen LogP contribution in [0, 0.1) is 13.8 Å². The summed E-state index contributed by atoms with van der Waals surface area (Å²) in [6.45, 7) is 6.48. The lowest BCUT2D eigenvalue weighted by Gasteiger charge is -2.19. The molecule has 0 bridgehead atoms. The van der Waals surface area contributed by atoms with Crippen molar-refractivity contribution in [3.8, 4) is 0 Å². The van der Waals surface area contributed by atoms with E-state index in [0.29, 0.717) is 0 Å². The molecule has 0 atom stereocenters. The largest absolute Gasteiger partial charge is 0.367 e. The number of fused-ring (bicyclic) bond motifs is 1. The second-order valence-corrected chi connectivity index (χ2v) is 5.29. The predicted octanol–water partition coefficient (Wildman–Crippen LogP) is 3.87. The van der Waals surface area contributed by atoms with Gasteiger partial charge < -0.3 is 4.90 Å². The van der Waals surface area contributed by atoms with Crippen LogP contribution in [0.2, 0.25) is 0 Å². The molecule has 2 aromatic rings. The van der Waals surface area contributed by atoms with Gasteiger partial charge in [-0.25, -0.2) is 0 Å². The Hall–Kier alpha value is -1.76. The predicted molar refractivity (Wildman–Crippen MR) is 77.1 cm³/mol. The van der Waals surface area contributed by atoms with Crippen LogP contribution in [0.3, 0.4) is 0 Å². The van der Waals surface area contributed by atoms with E-state index in [1.54, 1.807) is 0 Å². The van der Waals surface area contributed by atoms with Gasteiger partial charge in [0.1, 0.15) is 0 Å². The van der Waals surface area contributed by atoms with Crippen LogP contribution in [0.15, 0.2) is 42.5 Å². The van der Waals surface area contributed by atoms with Crippen molar-refractivity contribution in [2.45, 2.75) is 26.8 Å². The molecule has 0 unspecified atom stereocenters. The molecule has 3 rings (SSSR count). The molecular formula is C17H19N. The molecule has 1 nitrogen and oxygen atoms in total. The minimum Gasteiger partial charge on any atom is -0.367 e. The third kappa shape index (κ3) is 2.13. The molecule has 0 aliphatic carbocycles. The van der Waals surface area contributed by atoms with E-state index in [0.717, 1.165) is 13.1 Å². The second kappa shape index (κ2) is 4.49. The van der Waals surface area contributed by atoms with Crippen molar-refractivity contribution in [1.29, 1.82) is 0 Å². The van der Waals surface area contributed by atoms with Crippen molar-refractivity contribution in [3.63, 3.8) is 0 Å². The lowest BCUT2D eigenvalue weighted by Crippen LogP contribution is -2.19. The third-order valence-corrected chi connectivity index (χ3v) is 3.72. The lowest BCUT2D eigenvalue weighted by molar-refractivity contribution is 0.836. The van der Waals surface area contributed by atoms with E-state index in [9.17, 15) is 0 Å². The molecule has 0 saturated carbocycles. The van der Waals surface area contributed by atoms with E-state index < -0.39 is 0 Å². The summed E-state index contributed by atoms with van der Waals surface area (Å²) in [5, 5.41) is 0. The molecule has 0 N–H and O–H groups in total. The van der Waals surface area contributed by atoms with Gasteiger partial charge in [0.25, 0.3) is 0 Å². The minimum atomic E-state index is 1.02. The molecule has 0 amide bonds. The van der Waals surface area contributed by atoms with Crippen LogP contribution in [0.5, 0.6) is 0 Å². The van der Waals surface area contributed by atoms with Crippen LogP contribution < -0.4 is 4.90 Å². The smallest absolute Gasteiger partial charge is 0.0429 e. The van der Waals surface area contributed by atoms with Crippen LogP contribution in [0.4, 0.5) is 5.69 Å². The highest BCUT2D eigenvalue weighted by molar-refractivity contribution is 5.59. The highest BCUT2D eigenvalue weighted by atomic mass is 15.1. The Bertz CT molecular complexity index is 554. The molecule has 0 aromatic heterocycles. The van der Waals surface area contributed by atoms with Gasteiger partial charge >= 0.3 is 0 Å². The standard InChI is InChI=1S/C17H19N/c1-13-3-6-15(7-4-13)12-18-10-9-16-11-14(2)5-8-17(16)18/h3-8,11H,9-10,12H2,1-2H3. The van der Waals surface area contributed by atoms with Crippen LogP contribution in [-0.4, -0.2) is 6.54 Å².